The monoisotopic (exact) mass is 606 g/mol. The molecule has 0 amide bonds. The summed E-state index contributed by atoms with van der Waals surface area (Å²) in [6.45, 7) is 10.4. The molecule has 10 nitrogen and oxygen atoms in total. The van der Waals surface area contributed by atoms with E-state index in [1.807, 2.05) is 13.8 Å². The number of hydrogen-bond donors (Lipinski definition) is 0. The van der Waals surface area contributed by atoms with Crippen molar-refractivity contribution in [1.82, 2.24) is 9.13 Å². The molecule has 0 aliphatic rings. The number of methoxy groups -OCH3 is 2. The van der Waals surface area contributed by atoms with E-state index in [0.29, 0.717) is 16.9 Å². The predicted molar refractivity (Wildman–Crippen MR) is 158 cm³/mol. The van der Waals surface area contributed by atoms with Crippen LogP contribution in [0, 0.1) is 18.7 Å². The molecule has 0 saturated heterocycles. The summed E-state index contributed by atoms with van der Waals surface area (Å²) in [5.74, 6) is -1.13. The maximum atomic E-state index is 14.5. The highest BCUT2D eigenvalue weighted by molar-refractivity contribution is 7.20. The molecule has 1 aromatic carbocycles. The van der Waals surface area contributed by atoms with E-state index in [1.54, 1.807) is 13.8 Å². The molecule has 12 heteroatoms. The molecule has 0 spiro atoms. The number of fused-ring (bicyclic) bond motifs is 1. The zero-order chi connectivity index (χ0) is 31.4. The SMILES string of the molecule is CCOC(=O)c1sc2c(c1C)c(=O)n(C(C)(C)C(=O)CC(C)C)c(=O)n2C[C@H](OCCOC)c1cc(F)ccc1OC. The predicted octanol–water partition coefficient (Wildman–Crippen LogP) is 4.61. The Morgan fingerprint density at radius 3 is 2.40 bits per heavy atom. The van der Waals surface area contributed by atoms with Gasteiger partial charge in [0.25, 0.3) is 5.56 Å². The Morgan fingerprint density at radius 2 is 1.81 bits per heavy atom. The van der Waals surface area contributed by atoms with Crippen molar-refractivity contribution < 1.29 is 32.9 Å². The lowest BCUT2D eigenvalue weighted by Gasteiger charge is -2.28. The third-order valence-electron chi connectivity index (χ3n) is 7.00. The molecular formula is C30H39FN2O8S. The number of ketones is 1. The van der Waals surface area contributed by atoms with Crippen LogP contribution in [0.15, 0.2) is 27.8 Å². The average molecular weight is 607 g/mol. The fraction of sp³-hybridized carbons (Fsp3) is 0.533. The number of carbonyl (C=O) groups is 2. The molecule has 1 atom stereocenters. The Bertz CT molecular complexity index is 1570. The molecule has 0 unspecified atom stereocenters. The second-order valence-electron chi connectivity index (χ2n) is 10.8. The topological polar surface area (TPSA) is 115 Å². The quantitative estimate of drug-likeness (QED) is 0.193. The van der Waals surface area contributed by atoms with E-state index in [-0.39, 0.29) is 59.6 Å². The van der Waals surface area contributed by atoms with Gasteiger partial charge in [0.15, 0.2) is 5.78 Å². The van der Waals surface area contributed by atoms with Crippen molar-refractivity contribution in [2.75, 3.05) is 34.0 Å². The van der Waals surface area contributed by atoms with Crippen LogP contribution >= 0.6 is 11.3 Å². The minimum absolute atomic E-state index is 0.00394. The number of carbonyl (C=O) groups excluding carboxylic acids is 2. The molecule has 0 aliphatic heterocycles. The molecule has 2 aromatic heterocycles. The van der Waals surface area contributed by atoms with Crippen LogP contribution in [0.5, 0.6) is 5.75 Å². The van der Waals surface area contributed by atoms with Gasteiger partial charge in [0, 0.05) is 19.1 Å². The van der Waals surface area contributed by atoms with Gasteiger partial charge in [-0.2, -0.15) is 0 Å². The summed E-state index contributed by atoms with van der Waals surface area (Å²) < 4.78 is 38.6. The largest absolute Gasteiger partial charge is 0.496 e. The van der Waals surface area contributed by atoms with Gasteiger partial charge in [-0.15, -0.1) is 11.3 Å². The molecule has 2 heterocycles. The summed E-state index contributed by atoms with van der Waals surface area (Å²) in [5.41, 5.74) is -2.27. The zero-order valence-corrected chi connectivity index (χ0v) is 26.2. The van der Waals surface area contributed by atoms with Gasteiger partial charge >= 0.3 is 11.7 Å². The first-order valence-electron chi connectivity index (χ1n) is 13.7. The van der Waals surface area contributed by atoms with E-state index >= 15 is 0 Å². The third kappa shape index (κ3) is 6.66. The Kier molecular flexibility index (Phi) is 10.9. The van der Waals surface area contributed by atoms with Gasteiger partial charge in [0.05, 0.1) is 38.9 Å². The van der Waals surface area contributed by atoms with Crippen LogP contribution in [0.2, 0.25) is 0 Å². The molecule has 0 aliphatic carbocycles. The Labute approximate surface area is 248 Å². The van der Waals surface area contributed by atoms with Crippen LogP contribution < -0.4 is 16.0 Å². The maximum Gasteiger partial charge on any atom is 0.348 e. The standard InChI is InChI=1S/C30H39FN2O8S/c1-9-40-28(36)25-18(4)24-26(35)33(30(5,6)23(34)14-17(2)3)29(37)32(27(24)42-25)16-22(41-13-12-38-7)20-15-19(31)10-11-21(20)39-8/h10-11,15,17,22H,9,12-14,16H2,1-8H3/t22-/m0/s1. The second-order valence-corrected chi connectivity index (χ2v) is 11.8. The molecule has 230 valence electrons. The third-order valence-corrected chi connectivity index (χ3v) is 8.30. The van der Waals surface area contributed by atoms with E-state index in [4.69, 9.17) is 18.9 Å². The first-order chi connectivity index (χ1) is 19.8. The van der Waals surface area contributed by atoms with E-state index in [1.165, 1.54) is 50.8 Å². The van der Waals surface area contributed by atoms with Crippen LogP contribution in [-0.2, 0) is 31.1 Å². The number of ether oxygens (including phenoxy) is 4. The van der Waals surface area contributed by atoms with Gasteiger partial charge < -0.3 is 18.9 Å². The van der Waals surface area contributed by atoms with Gasteiger partial charge in [0.2, 0.25) is 0 Å². The summed E-state index contributed by atoms with van der Waals surface area (Å²) in [6.07, 6.45) is -0.780. The van der Waals surface area contributed by atoms with E-state index in [0.717, 1.165) is 15.9 Å². The summed E-state index contributed by atoms with van der Waals surface area (Å²) in [4.78, 5) is 54.8. The molecular weight excluding hydrogens is 567 g/mol. The van der Waals surface area contributed by atoms with Crippen molar-refractivity contribution in [3.05, 3.63) is 60.9 Å². The summed E-state index contributed by atoms with van der Waals surface area (Å²) in [5, 5.41) is 0.120. The Balaban J connectivity index is 2.38. The van der Waals surface area contributed by atoms with Crippen molar-refractivity contribution in [3.63, 3.8) is 0 Å². The number of rotatable bonds is 14. The average Bonchev–Trinajstić information content (AvgIpc) is 3.27. The first kappa shape index (κ1) is 33.2. The number of thiophene rings is 1. The Morgan fingerprint density at radius 1 is 1.12 bits per heavy atom. The van der Waals surface area contributed by atoms with Crippen LogP contribution in [0.3, 0.4) is 0 Å². The second kappa shape index (κ2) is 13.7. The molecule has 0 fully saturated rings. The lowest BCUT2D eigenvalue weighted by atomic mass is 9.91. The normalized spacial score (nSPS) is 12.6. The van der Waals surface area contributed by atoms with E-state index in [2.05, 4.69) is 0 Å². The smallest absolute Gasteiger partial charge is 0.348 e. The number of nitrogens with zero attached hydrogens (tertiary/aromatic N) is 2. The molecule has 3 rings (SSSR count). The van der Waals surface area contributed by atoms with Gasteiger partial charge in [-0.25, -0.2) is 18.5 Å². The van der Waals surface area contributed by atoms with Crippen LogP contribution in [0.1, 0.15) is 67.9 Å². The van der Waals surface area contributed by atoms with Crippen molar-refractivity contribution in [2.24, 2.45) is 5.92 Å². The highest BCUT2D eigenvalue weighted by Crippen LogP contribution is 2.34. The van der Waals surface area contributed by atoms with Crippen molar-refractivity contribution in [2.45, 2.75) is 66.2 Å². The Hall–Kier alpha value is -3.35. The number of aryl methyl sites for hydroxylation is 1. The highest BCUT2D eigenvalue weighted by atomic mass is 32.1. The number of hydrogen-bond acceptors (Lipinski definition) is 9. The highest BCUT2D eigenvalue weighted by Gasteiger charge is 2.36. The minimum Gasteiger partial charge on any atom is -0.496 e. The maximum absolute atomic E-state index is 14.5. The van der Waals surface area contributed by atoms with Gasteiger partial charge in [-0.3, -0.25) is 14.2 Å². The zero-order valence-electron chi connectivity index (χ0n) is 25.4. The van der Waals surface area contributed by atoms with Gasteiger partial charge in [-0.05, 0) is 57.4 Å². The molecule has 0 bridgehead atoms. The molecule has 0 N–H and O–H groups in total. The number of aromatic nitrogens is 2. The summed E-state index contributed by atoms with van der Waals surface area (Å²) in [7, 11) is 2.94. The van der Waals surface area contributed by atoms with Gasteiger partial charge in [0.1, 0.15) is 32.9 Å². The van der Waals surface area contributed by atoms with Crippen molar-refractivity contribution >= 4 is 33.3 Å². The first-order valence-corrected chi connectivity index (χ1v) is 14.5. The van der Waals surface area contributed by atoms with E-state index in [9.17, 15) is 23.6 Å². The van der Waals surface area contributed by atoms with Crippen molar-refractivity contribution in [1.29, 1.82) is 0 Å². The fourth-order valence-electron chi connectivity index (χ4n) is 4.77. The number of Topliss-reactive ketones (excluding diaryl/α,β-unsaturated/α-hetero) is 1. The number of benzene rings is 1. The molecule has 42 heavy (non-hydrogen) atoms. The minimum atomic E-state index is -1.50. The summed E-state index contributed by atoms with van der Waals surface area (Å²) in [6, 6.07) is 3.96. The number of esters is 1. The van der Waals surface area contributed by atoms with E-state index < -0.39 is 34.7 Å². The lowest BCUT2D eigenvalue weighted by molar-refractivity contribution is -0.127. The number of halogens is 1. The van der Waals surface area contributed by atoms with Gasteiger partial charge in [-0.1, -0.05) is 13.8 Å². The van der Waals surface area contributed by atoms with Crippen LogP contribution in [0.25, 0.3) is 10.2 Å². The van der Waals surface area contributed by atoms with Crippen LogP contribution in [0.4, 0.5) is 4.39 Å². The molecule has 0 saturated carbocycles. The lowest BCUT2D eigenvalue weighted by Crippen LogP contribution is -2.53. The van der Waals surface area contributed by atoms with Crippen molar-refractivity contribution in [3.8, 4) is 5.75 Å². The molecule has 3 aromatic rings. The molecule has 0 radical (unpaired) electrons. The summed E-state index contributed by atoms with van der Waals surface area (Å²) >= 11 is 0.949. The fourth-order valence-corrected chi connectivity index (χ4v) is 5.97. The van der Waals surface area contributed by atoms with Crippen LogP contribution in [-0.4, -0.2) is 54.9 Å².